The first kappa shape index (κ1) is 20.8. The van der Waals surface area contributed by atoms with Gasteiger partial charge in [-0.15, -0.1) is 0 Å². The fourth-order valence-electron chi connectivity index (χ4n) is 4.03. The summed E-state index contributed by atoms with van der Waals surface area (Å²) in [5.74, 6) is 0.877. The predicted molar refractivity (Wildman–Crippen MR) is 111 cm³/mol. The lowest BCUT2D eigenvalue weighted by Gasteiger charge is -2.22. The third kappa shape index (κ3) is 5.13. The van der Waals surface area contributed by atoms with E-state index in [9.17, 15) is 13.2 Å². The largest absolute Gasteiger partial charge is 0.354 e. The second kappa shape index (κ2) is 9.54. The highest BCUT2D eigenvalue weighted by Gasteiger charge is 2.31. The van der Waals surface area contributed by atoms with Gasteiger partial charge in [0.15, 0.2) is 0 Å². The normalized spacial score (nSPS) is 21.1. The van der Waals surface area contributed by atoms with E-state index in [2.05, 4.69) is 22.0 Å². The van der Waals surface area contributed by atoms with Crippen LogP contribution in [0.2, 0.25) is 0 Å². The van der Waals surface area contributed by atoms with Crippen LogP contribution in [0, 0.1) is 5.92 Å². The van der Waals surface area contributed by atoms with Crippen LogP contribution in [0.25, 0.3) is 0 Å². The first-order valence-electron chi connectivity index (χ1n) is 10.5. The van der Waals surface area contributed by atoms with Crippen molar-refractivity contribution in [2.75, 3.05) is 6.54 Å². The van der Waals surface area contributed by atoms with Gasteiger partial charge < -0.3 is 5.32 Å². The van der Waals surface area contributed by atoms with Gasteiger partial charge in [-0.1, -0.05) is 64.0 Å². The summed E-state index contributed by atoms with van der Waals surface area (Å²) in [5, 5.41) is 3.03. The molecule has 1 heterocycles. The van der Waals surface area contributed by atoms with Crippen molar-refractivity contribution in [1.82, 2.24) is 10.0 Å². The SMILES string of the molecule is CCCCC(N=C1NS(=O)(=O)c2ccccc21)C(=O)NCCC1CCCCC1. The van der Waals surface area contributed by atoms with E-state index >= 15 is 0 Å². The Bertz CT molecular complexity index is 814. The van der Waals surface area contributed by atoms with E-state index in [-0.39, 0.29) is 16.6 Å². The maximum Gasteiger partial charge on any atom is 0.263 e. The van der Waals surface area contributed by atoms with Crippen molar-refractivity contribution in [3.63, 3.8) is 0 Å². The summed E-state index contributed by atoms with van der Waals surface area (Å²) in [5.41, 5.74) is 0.541. The van der Waals surface area contributed by atoms with Crippen LogP contribution in [0.1, 0.15) is 70.3 Å². The highest BCUT2D eigenvalue weighted by molar-refractivity contribution is 7.90. The molecule has 1 saturated carbocycles. The van der Waals surface area contributed by atoms with Crippen LogP contribution >= 0.6 is 0 Å². The number of rotatable bonds is 8. The fraction of sp³-hybridized carbons (Fsp3) is 0.619. The molecule has 154 valence electrons. The third-order valence-electron chi connectivity index (χ3n) is 5.66. The van der Waals surface area contributed by atoms with Crippen molar-refractivity contribution >= 4 is 21.8 Å². The maximum atomic E-state index is 12.8. The van der Waals surface area contributed by atoms with Crippen LogP contribution in [-0.4, -0.2) is 32.7 Å². The maximum absolute atomic E-state index is 12.8. The van der Waals surface area contributed by atoms with Gasteiger partial charge >= 0.3 is 0 Å². The summed E-state index contributed by atoms with van der Waals surface area (Å²) in [4.78, 5) is 17.5. The van der Waals surface area contributed by atoms with Crippen LogP contribution in [0.4, 0.5) is 0 Å². The number of fused-ring (bicyclic) bond motifs is 1. The Kier molecular flexibility index (Phi) is 7.10. The molecule has 0 radical (unpaired) electrons. The average molecular weight is 406 g/mol. The molecule has 1 aliphatic carbocycles. The molecule has 2 N–H and O–H groups in total. The molecule has 28 heavy (non-hydrogen) atoms. The summed E-state index contributed by atoms with van der Waals surface area (Å²) >= 11 is 0. The lowest BCUT2D eigenvalue weighted by molar-refractivity contribution is -0.122. The van der Waals surface area contributed by atoms with Crippen molar-refractivity contribution in [2.24, 2.45) is 10.9 Å². The molecule has 2 aliphatic rings. The molecule has 7 heteroatoms. The van der Waals surface area contributed by atoms with Crippen LogP contribution in [0.15, 0.2) is 34.2 Å². The Morgan fingerprint density at radius 1 is 1.25 bits per heavy atom. The van der Waals surface area contributed by atoms with Gasteiger partial charge in [0.05, 0.1) is 4.90 Å². The molecule has 1 unspecified atom stereocenters. The van der Waals surface area contributed by atoms with Gasteiger partial charge in [-0.2, -0.15) is 0 Å². The molecule has 1 amide bonds. The van der Waals surface area contributed by atoms with E-state index < -0.39 is 16.1 Å². The van der Waals surface area contributed by atoms with E-state index in [1.807, 2.05) is 0 Å². The summed E-state index contributed by atoms with van der Waals surface area (Å²) < 4.78 is 27.1. The number of amides is 1. The highest BCUT2D eigenvalue weighted by Crippen LogP contribution is 2.26. The Labute approximate surface area is 168 Å². The molecule has 1 fully saturated rings. The number of hydrogen-bond acceptors (Lipinski definition) is 4. The van der Waals surface area contributed by atoms with E-state index in [0.29, 0.717) is 24.4 Å². The minimum atomic E-state index is -3.59. The molecule has 1 aromatic rings. The van der Waals surface area contributed by atoms with Gasteiger partial charge in [0.1, 0.15) is 11.9 Å². The summed E-state index contributed by atoms with van der Waals surface area (Å²) in [6, 6.07) is 6.18. The van der Waals surface area contributed by atoms with Crippen molar-refractivity contribution < 1.29 is 13.2 Å². The molecular formula is C21H31N3O3S. The van der Waals surface area contributed by atoms with Gasteiger partial charge in [-0.05, 0) is 30.9 Å². The van der Waals surface area contributed by atoms with Gasteiger partial charge in [-0.25, -0.2) is 8.42 Å². The van der Waals surface area contributed by atoms with Crippen molar-refractivity contribution in [2.45, 2.75) is 75.6 Å². The Morgan fingerprint density at radius 2 is 2.00 bits per heavy atom. The highest BCUT2D eigenvalue weighted by atomic mass is 32.2. The molecule has 6 nitrogen and oxygen atoms in total. The summed E-state index contributed by atoms with van der Waals surface area (Å²) in [6.45, 7) is 2.73. The predicted octanol–water partition coefficient (Wildman–Crippen LogP) is 3.37. The smallest absolute Gasteiger partial charge is 0.263 e. The molecule has 1 aliphatic heterocycles. The Morgan fingerprint density at radius 3 is 2.75 bits per heavy atom. The zero-order valence-electron chi connectivity index (χ0n) is 16.6. The summed E-state index contributed by atoms with van der Waals surface area (Å²) in [6.07, 6.45) is 9.89. The van der Waals surface area contributed by atoms with Crippen LogP contribution in [0.3, 0.4) is 0 Å². The monoisotopic (exact) mass is 405 g/mol. The first-order valence-corrected chi connectivity index (χ1v) is 12.0. The standard InChI is InChI=1S/C21H31N3O3S/c1-2-3-12-18(21(25)22-15-14-16-9-5-4-6-10-16)23-20-17-11-7-8-13-19(17)28(26,27)24-20/h7-8,11,13,16,18H,2-6,9-10,12,14-15H2,1H3,(H,22,25)(H,23,24). The quantitative estimate of drug-likeness (QED) is 0.695. The van der Waals surface area contributed by atoms with E-state index in [4.69, 9.17) is 0 Å². The van der Waals surface area contributed by atoms with E-state index in [1.54, 1.807) is 24.3 Å². The number of nitrogens with one attached hydrogen (secondary N) is 2. The summed E-state index contributed by atoms with van der Waals surface area (Å²) in [7, 11) is -3.59. The molecule has 0 aromatic heterocycles. The van der Waals surface area contributed by atoms with Crippen molar-refractivity contribution in [3.8, 4) is 0 Å². The second-order valence-electron chi connectivity index (χ2n) is 7.82. The average Bonchev–Trinajstić information content (AvgIpc) is 2.96. The minimum absolute atomic E-state index is 0.111. The number of benzene rings is 1. The molecule has 0 bridgehead atoms. The van der Waals surface area contributed by atoms with Crippen LogP contribution < -0.4 is 10.0 Å². The number of carbonyl (C=O) groups excluding carboxylic acids is 1. The number of aliphatic imine (C=N–C) groups is 1. The van der Waals surface area contributed by atoms with Crippen molar-refractivity contribution in [1.29, 1.82) is 0 Å². The molecule has 0 spiro atoms. The lowest BCUT2D eigenvalue weighted by atomic mass is 9.87. The second-order valence-corrected chi connectivity index (χ2v) is 9.47. The minimum Gasteiger partial charge on any atom is -0.354 e. The zero-order valence-corrected chi connectivity index (χ0v) is 17.4. The Hall–Kier alpha value is -1.89. The number of hydrogen-bond donors (Lipinski definition) is 2. The lowest BCUT2D eigenvalue weighted by Crippen LogP contribution is -2.36. The molecule has 1 atom stereocenters. The fourth-order valence-corrected chi connectivity index (χ4v) is 5.27. The molecule has 1 aromatic carbocycles. The van der Waals surface area contributed by atoms with Gasteiger partial charge in [0.2, 0.25) is 5.91 Å². The van der Waals surface area contributed by atoms with Crippen molar-refractivity contribution in [3.05, 3.63) is 29.8 Å². The number of unbranched alkanes of at least 4 members (excludes halogenated alkanes) is 1. The van der Waals surface area contributed by atoms with Gasteiger partial charge in [-0.3, -0.25) is 14.5 Å². The van der Waals surface area contributed by atoms with E-state index in [0.717, 1.165) is 19.3 Å². The number of amidine groups is 1. The molecule has 3 rings (SSSR count). The molecular weight excluding hydrogens is 374 g/mol. The van der Waals surface area contributed by atoms with Crippen LogP contribution in [-0.2, 0) is 14.8 Å². The number of carbonyl (C=O) groups is 1. The third-order valence-corrected chi connectivity index (χ3v) is 7.06. The van der Waals surface area contributed by atoms with Gasteiger partial charge in [0, 0.05) is 12.1 Å². The first-order chi connectivity index (χ1) is 13.5. The topological polar surface area (TPSA) is 87.6 Å². The zero-order chi connectivity index (χ0) is 20.0. The number of sulfonamides is 1. The van der Waals surface area contributed by atoms with E-state index in [1.165, 1.54) is 32.1 Å². The Balaban J connectivity index is 1.68. The molecule has 0 saturated heterocycles. The van der Waals surface area contributed by atoms with Crippen LogP contribution in [0.5, 0.6) is 0 Å². The van der Waals surface area contributed by atoms with Gasteiger partial charge in [0.25, 0.3) is 10.0 Å². The number of nitrogens with zero attached hydrogens (tertiary/aromatic N) is 1.